The molecule has 0 bridgehead atoms. The molecule has 17 heavy (non-hydrogen) atoms. The maximum absolute atomic E-state index is 12.0. The minimum atomic E-state index is -0.631. The van der Waals surface area contributed by atoms with Crippen LogP contribution in [0.4, 0.5) is 0 Å². The average Bonchev–Trinajstić information content (AvgIpc) is 2.38. The third-order valence-corrected chi connectivity index (χ3v) is 3.88. The summed E-state index contributed by atoms with van der Waals surface area (Å²) in [6.45, 7) is 2.11. The van der Waals surface area contributed by atoms with E-state index >= 15 is 0 Å². The van der Waals surface area contributed by atoms with E-state index in [0.29, 0.717) is 12.3 Å². The molecule has 1 aromatic carbocycles. The van der Waals surface area contributed by atoms with Gasteiger partial charge in [0.1, 0.15) is 5.78 Å². The molecule has 3 atom stereocenters. The minimum Gasteiger partial charge on any atom is -0.388 e. The van der Waals surface area contributed by atoms with Crippen molar-refractivity contribution in [2.24, 2.45) is 11.8 Å². The molecule has 1 saturated carbocycles. The van der Waals surface area contributed by atoms with Crippen LogP contribution in [0.3, 0.4) is 0 Å². The second-order valence-electron chi connectivity index (χ2n) is 4.91. The van der Waals surface area contributed by atoms with Gasteiger partial charge in [0.15, 0.2) is 0 Å². The lowest BCUT2D eigenvalue weighted by molar-refractivity contribution is -0.132. The maximum Gasteiger partial charge on any atom is 0.139 e. The first-order valence-corrected chi connectivity index (χ1v) is 6.49. The largest absolute Gasteiger partial charge is 0.388 e. The Hall–Kier alpha value is -1.15. The normalized spacial score (nSPS) is 26.8. The highest BCUT2D eigenvalue weighted by Gasteiger charge is 2.36. The Bertz CT molecular complexity index is 372. The number of hydrogen-bond acceptors (Lipinski definition) is 2. The first-order valence-electron chi connectivity index (χ1n) is 6.49. The molecule has 2 nitrogen and oxygen atoms in total. The molecule has 0 heterocycles. The predicted octanol–water partition coefficient (Wildman–Crippen LogP) is 3.12. The van der Waals surface area contributed by atoms with E-state index in [2.05, 4.69) is 6.92 Å². The Labute approximate surface area is 103 Å². The fourth-order valence-corrected chi connectivity index (χ4v) is 2.90. The van der Waals surface area contributed by atoms with Crippen LogP contribution in [0.1, 0.15) is 44.3 Å². The Kier molecular flexibility index (Phi) is 3.95. The topological polar surface area (TPSA) is 37.3 Å². The zero-order valence-corrected chi connectivity index (χ0v) is 10.3. The van der Waals surface area contributed by atoms with Gasteiger partial charge < -0.3 is 5.11 Å². The van der Waals surface area contributed by atoms with Crippen molar-refractivity contribution < 1.29 is 9.90 Å². The summed E-state index contributed by atoms with van der Waals surface area (Å²) in [6.07, 6.45) is 3.02. The number of benzene rings is 1. The van der Waals surface area contributed by atoms with E-state index in [1.54, 1.807) is 0 Å². The van der Waals surface area contributed by atoms with Gasteiger partial charge in [-0.2, -0.15) is 0 Å². The maximum atomic E-state index is 12.0. The van der Waals surface area contributed by atoms with Crippen molar-refractivity contribution in [2.45, 2.75) is 38.7 Å². The molecule has 0 aromatic heterocycles. The number of hydrogen-bond donors (Lipinski definition) is 1. The molecule has 0 amide bonds. The molecule has 1 aromatic rings. The highest BCUT2D eigenvalue weighted by Crippen LogP contribution is 2.38. The molecule has 0 radical (unpaired) electrons. The zero-order chi connectivity index (χ0) is 12.3. The number of carbonyl (C=O) groups is 1. The van der Waals surface area contributed by atoms with E-state index in [1.165, 1.54) is 0 Å². The Morgan fingerprint density at radius 2 is 2.06 bits per heavy atom. The summed E-state index contributed by atoms with van der Waals surface area (Å²) in [5.41, 5.74) is 0.867. The Balaban J connectivity index is 2.21. The van der Waals surface area contributed by atoms with Crippen molar-refractivity contribution in [3.8, 4) is 0 Å². The molecule has 0 saturated heterocycles. The third-order valence-electron chi connectivity index (χ3n) is 3.88. The quantitative estimate of drug-likeness (QED) is 0.869. The van der Waals surface area contributed by atoms with Crippen LogP contribution in [0.25, 0.3) is 0 Å². The average molecular weight is 232 g/mol. The molecule has 1 N–H and O–H groups in total. The molecule has 1 aliphatic carbocycles. The molecule has 92 valence electrons. The van der Waals surface area contributed by atoms with Crippen molar-refractivity contribution in [2.75, 3.05) is 0 Å². The summed E-state index contributed by atoms with van der Waals surface area (Å²) in [4.78, 5) is 12.0. The second-order valence-corrected chi connectivity index (χ2v) is 4.91. The molecule has 0 aliphatic heterocycles. The van der Waals surface area contributed by atoms with Crippen LogP contribution in [0.5, 0.6) is 0 Å². The molecule has 2 heteroatoms. The fourth-order valence-electron chi connectivity index (χ4n) is 2.90. The van der Waals surface area contributed by atoms with Gasteiger partial charge in [-0.3, -0.25) is 4.79 Å². The molecule has 1 fully saturated rings. The highest BCUT2D eigenvalue weighted by atomic mass is 16.3. The molecule has 2 rings (SSSR count). The van der Waals surface area contributed by atoms with Gasteiger partial charge >= 0.3 is 0 Å². The van der Waals surface area contributed by atoms with Crippen molar-refractivity contribution in [1.82, 2.24) is 0 Å². The minimum absolute atomic E-state index is 0.198. The SMILES string of the molecule is CC[C@H]1CCCC(=O)[C@H]1[C@H](O)c1ccccc1. The van der Waals surface area contributed by atoms with Crippen molar-refractivity contribution >= 4 is 5.78 Å². The number of carbonyl (C=O) groups excluding carboxylic acids is 1. The van der Waals surface area contributed by atoms with Gasteiger partial charge in [-0.1, -0.05) is 43.7 Å². The third kappa shape index (κ3) is 2.58. The van der Waals surface area contributed by atoms with Crippen LogP contribution in [-0.2, 0) is 4.79 Å². The van der Waals surface area contributed by atoms with E-state index in [4.69, 9.17) is 0 Å². The number of ketones is 1. The van der Waals surface area contributed by atoms with Gasteiger partial charge in [0.2, 0.25) is 0 Å². The molecule has 0 unspecified atom stereocenters. The van der Waals surface area contributed by atoms with Gasteiger partial charge in [0.05, 0.1) is 12.0 Å². The lowest BCUT2D eigenvalue weighted by Gasteiger charge is -2.33. The van der Waals surface area contributed by atoms with E-state index < -0.39 is 6.10 Å². The predicted molar refractivity (Wildman–Crippen MR) is 67.5 cm³/mol. The van der Waals surface area contributed by atoms with E-state index in [-0.39, 0.29) is 11.7 Å². The standard InChI is InChI=1S/C15H20O2/c1-2-11-9-6-10-13(16)14(11)15(17)12-7-4-3-5-8-12/h3-5,7-8,11,14-15,17H,2,6,9-10H2,1H3/t11-,14-,15+/m0/s1. The number of aliphatic hydroxyl groups excluding tert-OH is 1. The molecular formula is C15H20O2. The van der Waals surface area contributed by atoms with Crippen molar-refractivity contribution in [1.29, 1.82) is 0 Å². The van der Waals surface area contributed by atoms with Crippen molar-refractivity contribution in [3.05, 3.63) is 35.9 Å². The first-order chi connectivity index (χ1) is 8.24. The van der Waals surface area contributed by atoms with Gasteiger partial charge in [-0.25, -0.2) is 0 Å². The van der Waals surface area contributed by atoms with Crippen LogP contribution in [0.2, 0.25) is 0 Å². The summed E-state index contributed by atoms with van der Waals surface area (Å²) >= 11 is 0. The van der Waals surface area contributed by atoms with Gasteiger partial charge in [0, 0.05) is 6.42 Å². The summed E-state index contributed by atoms with van der Waals surface area (Å²) < 4.78 is 0. The smallest absolute Gasteiger partial charge is 0.139 e. The number of rotatable bonds is 3. The van der Waals surface area contributed by atoms with E-state index in [0.717, 1.165) is 24.8 Å². The lowest BCUT2D eigenvalue weighted by Crippen LogP contribution is -2.33. The van der Waals surface area contributed by atoms with Crippen LogP contribution in [0.15, 0.2) is 30.3 Å². The second kappa shape index (κ2) is 5.46. The zero-order valence-electron chi connectivity index (χ0n) is 10.3. The van der Waals surface area contributed by atoms with Crippen LogP contribution in [0, 0.1) is 11.8 Å². The van der Waals surface area contributed by atoms with Gasteiger partial charge in [0.25, 0.3) is 0 Å². The number of aliphatic hydroxyl groups is 1. The summed E-state index contributed by atoms with van der Waals surface area (Å²) in [6, 6.07) is 9.55. The molecular weight excluding hydrogens is 212 g/mol. The summed E-state index contributed by atoms with van der Waals surface area (Å²) in [5, 5.41) is 10.4. The van der Waals surface area contributed by atoms with Crippen LogP contribution in [-0.4, -0.2) is 10.9 Å². The number of Topliss-reactive ketones (excluding diaryl/α,β-unsaturated/α-hetero) is 1. The lowest BCUT2D eigenvalue weighted by atomic mass is 9.72. The molecule has 0 spiro atoms. The van der Waals surface area contributed by atoms with E-state index in [9.17, 15) is 9.90 Å². The van der Waals surface area contributed by atoms with Crippen LogP contribution < -0.4 is 0 Å². The van der Waals surface area contributed by atoms with Gasteiger partial charge in [-0.15, -0.1) is 0 Å². The monoisotopic (exact) mass is 232 g/mol. The summed E-state index contributed by atoms with van der Waals surface area (Å²) in [7, 11) is 0. The summed E-state index contributed by atoms with van der Waals surface area (Å²) in [5.74, 6) is 0.377. The first kappa shape index (κ1) is 12.3. The molecule has 1 aliphatic rings. The van der Waals surface area contributed by atoms with Gasteiger partial charge in [-0.05, 0) is 24.3 Å². The van der Waals surface area contributed by atoms with Crippen molar-refractivity contribution in [3.63, 3.8) is 0 Å². The fraction of sp³-hybridized carbons (Fsp3) is 0.533. The Morgan fingerprint density at radius 1 is 1.35 bits per heavy atom. The van der Waals surface area contributed by atoms with Crippen LogP contribution >= 0.6 is 0 Å². The Morgan fingerprint density at radius 3 is 2.71 bits per heavy atom. The highest BCUT2D eigenvalue weighted by molar-refractivity contribution is 5.82. The van der Waals surface area contributed by atoms with E-state index in [1.807, 2.05) is 30.3 Å².